The van der Waals surface area contributed by atoms with E-state index in [1.54, 1.807) is 0 Å². The summed E-state index contributed by atoms with van der Waals surface area (Å²) >= 11 is 0. The van der Waals surface area contributed by atoms with E-state index in [9.17, 15) is 4.79 Å². The molecular weight excluding hydrogens is 340 g/mol. The third-order valence-corrected chi connectivity index (χ3v) is 7.92. The van der Waals surface area contributed by atoms with E-state index in [1.165, 1.54) is 37.6 Å². The predicted octanol–water partition coefficient (Wildman–Crippen LogP) is 5.61. The van der Waals surface area contributed by atoms with Gasteiger partial charge in [0, 0.05) is 28.7 Å². The molecular formula is C23H31O2S+. The highest BCUT2D eigenvalue weighted by atomic mass is 32.2. The van der Waals surface area contributed by atoms with Gasteiger partial charge in [0.1, 0.15) is 0 Å². The first-order valence-electron chi connectivity index (χ1n) is 9.35. The van der Waals surface area contributed by atoms with Crippen LogP contribution in [0, 0.1) is 34.6 Å². The molecule has 2 atom stereocenters. The van der Waals surface area contributed by atoms with Crippen LogP contribution in [0.2, 0.25) is 0 Å². The number of carbonyl (C=O) groups is 1. The van der Waals surface area contributed by atoms with Crippen LogP contribution in [0.25, 0.3) is 0 Å². The first-order valence-corrected chi connectivity index (χ1v) is 10.6. The summed E-state index contributed by atoms with van der Waals surface area (Å²) in [4.78, 5) is 15.5. The lowest BCUT2D eigenvalue weighted by Gasteiger charge is -2.22. The van der Waals surface area contributed by atoms with Gasteiger partial charge in [-0.1, -0.05) is 42.8 Å². The molecule has 3 heteroatoms. The maximum Gasteiger partial charge on any atom is 0.360 e. The van der Waals surface area contributed by atoms with Gasteiger partial charge >= 0.3 is 5.97 Å². The number of ether oxygens (including phenoxy) is 1. The molecule has 0 N–H and O–H groups in total. The zero-order chi connectivity index (χ0) is 19.4. The van der Waals surface area contributed by atoms with Gasteiger partial charge < -0.3 is 4.74 Å². The van der Waals surface area contributed by atoms with Gasteiger partial charge in [-0.3, -0.25) is 0 Å². The molecule has 0 aliphatic carbocycles. The number of hydrogen-bond donors (Lipinski definition) is 0. The molecule has 2 aromatic carbocycles. The summed E-state index contributed by atoms with van der Waals surface area (Å²) in [6.45, 7) is 15.2. The van der Waals surface area contributed by atoms with Crippen LogP contribution < -0.4 is 0 Å². The molecule has 0 radical (unpaired) electrons. The van der Waals surface area contributed by atoms with Crippen molar-refractivity contribution in [3.63, 3.8) is 0 Å². The van der Waals surface area contributed by atoms with Crippen molar-refractivity contribution in [3.8, 4) is 0 Å². The number of benzene rings is 2. The monoisotopic (exact) mass is 371 g/mol. The summed E-state index contributed by atoms with van der Waals surface area (Å²) in [5.74, 6) is -0.0830. The summed E-state index contributed by atoms with van der Waals surface area (Å²) in [7, 11) is -0.350. The summed E-state index contributed by atoms with van der Waals surface area (Å²) in [6, 6.07) is 10.9. The lowest BCUT2D eigenvalue weighted by atomic mass is 10.1. The minimum Gasteiger partial charge on any atom is -0.462 e. The summed E-state index contributed by atoms with van der Waals surface area (Å²) in [6.07, 6.45) is 0.766. The molecule has 2 aromatic rings. The highest BCUT2D eigenvalue weighted by Crippen LogP contribution is 2.38. The van der Waals surface area contributed by atoms with Crippen LogP contribution in [0.5, 0.6) is 0 Å². The third kappa shape index (κ3) is 4.15. The molecule has 2 rings (SSSR count). The number of hydrogen-bond acceptors (Lipinski definition) is 2. The van der Waals surface area contributed by atoms with E-state index >= 15 is 0 Å². The van der Waals surface area contributed by atoms with Crippen molar-refractivity contribution in [1.29, 1.82) is 0 Å². The van der Waals surface area contributed by atoms with Crippen molar-refractivity contribution in [2.45, 2.75) is 69.9 Å². The molecule has 0 spiro atoms. The number of esters is 1. The van der Waals surface area contributed by atoms with Crippen LogP contribution in [-0.4, -0.2) is 17.8 Å². The van der Waals surface area contributed by atoms with Crippen molar-refractivity contribution in [3.05, 3.63) is 58.1 Å². The van der Waals surface area contributed by atoms with E-state index in [4.69, 9.17) is 4.74 Å². The molecule has 2 nitrogen and oxygen atoms in total. The van der Waals surface area contributed by atoms with Gasteiger partial charge in [-0.25, -0.2) is 4.79 Å². The summed E-state index contributed by atoms with van der Waals surface area (Å²) in [5, 5.41) is -0.158. The Morgan fingerprint density at radius 3 is 1.88 bits per heavy atom. The van der Waals surface area contributed by atoms with Crippen LogP contribution in [0.4, 0.5) is 0 Å². The Morgan fingerprint density at radius 2 is 1.42 bits per heavy atom. The van der Waals surface area contributed by atoms with Crippen molar-refractivity contribution in [2.75, 3.05) is 6.61 Å². The van der Waals surface area contributed by atoms with Crippen LogP contribution in [0.1, 0.15) is 48.1 Å². The Balaban J connectivity index is 2.77. The van der Waals surface area contributed by atoms with E-state index in [1.807, 2.05) is 6.92 Å². The second-order valence-corrected chi connectivity index (χ2v) is 9.00. The first-order chi connectivity index (χ1) is 12.3. The zero-order valence-corrected chi connectivity index (χ0v) is 17.9. The van der Waals surface area contributed by atoms with Gasteiger partial charge in [-0.2, -0.15) is 0 Å². The molecule has 0 amide bonds. The molecule has 0 saturated heterocycles. The van der Waals surface area contributed by atoms with Gasteiger partial charge in [-0.15, -0.1) is 0 Å². The minimum absolute atomic E-state index is 0.0830. The Bertz CT molecular complexity index is 752. The quantitative estimate of drug-likeness (QED) is 0.487. The lowest BCUT2D eigenvalue weighted by molar-refractivity contribution is -0.142. The number of aryl methyl sites for hydroxylation is 5. The molecule has 0 aromatic heterocycles. The molecule has 0 saturated carbocycles. The molecule has 0 bridgehead atoms. The summed E-state index contributed by atoms with van der Waals surface area (Å²) < 4.78 is 5.47. The number of rotatable bonds is 6. The molecule has 2 unspecified atom stereocenters. The minimum atomic E-state index is -0.350. The van der Waals surface area contributed by atoms with Crippen molar-refractivity contribution in [1.82, 2.24) is 0 Å². The molecule has 0 aliphatic heterocycles. The highest BCUT2D eigenvalue weighted by Gasteiger charge is 2.44. The highest BCUT2D eigenvalue weighted by molar-refractivity contribution is 7.98. The SMILES string of the molecule is CCOC(=O)C(CC)[S+](c1c(C)cccc1C)c1c(C)cc(C)cc1C. The zero-order valence-electron chi connectivity index (χ0n) is 17.1. The van der Waals surface area contributed by atoms with Crippen LogP contribution >= 0.6 is 0 Å². The largest absolute Gasteiger partial charge is 0.462 e. The molecule has 0 fully saturated rings. The van der Waals surface area contributed by atoms with Gasteiger partial charge in [0.25, 0.3) is 0 Å². The second-order valence-electron chi connectivity index (χ2n) is 6.94. The van der Waals surface area contributed by atoms with Gasteiger partial charge in [-0.05, 0) is 41.5 Å². The van der Waals surface area contributed by atoms with Crippen LogP contribution in [-0.2, 0) is 20.4 Å². The van der Waals surface area contributed by atoms with E-state index < -0.39 is 0 Å². The molecule has 140 valence electrons. The maximum absolute atomic E-state index is 12.9. The normalized spacial score (nSPS) is 13.3. The first kappa shape index (κ1) is 20.6. The molecule has 0 heterocycles. The van der Waals surface area contributed by atoms with Crippen LogP contribution in [0.15, 0.2) is 40.1 Å². The molecule has 26 heavy (non-hydrogen) atoms. The Labute approximate surface area is 161 Å². The maximum atomic E-state index is 12.9. The smallest absolute Gasteiger partial charge is 0.360 e. The number of carbonyl (C=O) groups excluding carboxylic acids is 1. The molecule has 0 aliphatic rings. The van der Waals surface area contributed by atoms with E-state index in [-0.39, 0.29) is 22.1 Å². The fraction of sp³-hybridized carbons (Fsp3) is 0.435. The van der Waals surface area contributed by atoms with E-state index in [0.717, 1.165) is 6.42 Å². The second kappa shape index (κ2) is 8.77. The Kier molecular flexibility index (Phi) is 6.94. The average molecular weight is 372 g/mol. The van der Waals surface area contributed by atoms with E-state index in [2.05, 4.69) is 71.9 Å². The van der Waals surface area contributed by atoms with E-state index in [0.29, 0.717) is 6.61 Å². The predicted molar refractivity (Wildman–Crippen MR) is 111 cm³/mol. The van der Waals surface area contributed by atoms with Crippen LogP contribution in [0.3, 0.4) is 0 Å². The third-order valence-electron chi connectivity index (χ3n) is 4.66. The van der Waals surface area contributed by atoms with Gasteiger partial charge in [0.05, 0.1) is 17.5 Å². The fourth-order valence-corrected chi connectivity index (χ4v) is 6.72. The average Bonchev–Trinajstić information content (AvgIpc) is 2.54. The van der Waals surface area contributed by atoms with Crippen molar-refractivity contribution < 1.29 is 9.53 Å². The fourth-order valence-electron chi connectivity index (χ4n) is 3.71. The van der Waals surface area contributed by atoms with Gasteiger partial charge in [0.2, 0.25) is 5.25 Å². The standard InChI is InChI=1S/C23H31O2S/c1-8-20(23(24)25-9-2)26(21-16(4)11-10-12-17(21)5)22-18(6)13-15(3)14-19(22)7/h10-14,20H,8-9H2,1-7H3/q+1. The van der Waals surface area contributed by atoms with Crippen molar-refractivity contribution in [2.24, 2.45) is 0 Å². The van der Waals surface area contributed by atoms with Gasteiger partial charge in [0.15, 0.2) is 9.79 Å². The topological polar surface area (TPSA) is 26.3 Å². The Morgan fingerprint density at radius 1 is 0.923 bits per heavy atom. The summed E-state index contributed by atoms with van der Waals surface area (Å²) in [5.41, 5.74) is 6.27. The van der Waals surface area contributed by atoms with Crippen molar-refractivity contribution >= 4 is 16.9 Å². The lowest BCUT2D eigenvalue weighted by Crippen LogP contribution is -2.33. The Hall–Kier alpha value is -1.74.